The van der Waals surface area contributed by atoms with Gasteiger partial charge in [0.15, 0.2) is 0 Å². The Morgan fingerprint density at radius 2 is 2.13 bits per heavy atom. The highest BCUT2D eigenvalue weighted by Gasteiger charge is 2.00. The highest BCUT2D eigenvalue weighted by atomic mass is 32.1. The summed E-state index contributed by atoms with van der Waals surface area (Å²) in [7, 11) is 1.50. The van der Waals surface area contributed by atoms with Crippen molar-refractivity contribution in [1.29, 1.82) is 0 Å². The van der Waals surface area contributed by atoms with Gasteiger partial charge < -0.3 is 11.1 Å². The van der Waals surface area contributed by atoms with E-state index in [0.717, 1.165) is 0 Å². The fourth-order valence-electron chi connectivity index (χ4n) is 0.895. The number of aliphatic imine (C=N–C) groups is 1. The minimum absolute atomic E-state index is 0.0239. The first-order chi connectivity index (χ1) is 7.13. The molecule has 1 rings (SSSR count). The van der Waals surface area contributed by atoms with E-state index in [4.69, 9.17) is 5.73 Å². The van der Waals surface area contributed by atoms with Gasteiger partial charge in [-0.1, -0.05) is 12.1 Å². The lowest BCUT2D eigenvalue weighted by molar-refractivity contribution is 0.247. The quantitative estimate of drug-likeness (QED) is 0.324. The summed E-state index contributed by atoms with van der Waals surface area (Å²) in [6.07, 6.45) is 0. The first-order valence-electron chi connectivity index (χ1n) is 4.24. The van der Waals surface area contributed by atoms with Gasteiger partial charge in [0, 0.05) is 11.9 Å². The lowest BCUT2D eigenvalue weighted by atomic mass is 10.3. The van der Waals surface area contributed by atoms with E-state index < -0.39 is 6.03 Å². The fourth-order valence-corrected chi connectivity index (χ4v) is 1.11. The molecule has 0 spiro atoms. The van der Waals surface area contributed by atoms with Gasteiger partial charge in [0.2, 0.25) is 5.96 Å². The van der Waals surface area contributed by atoms with Crippen molar-refractivity contribution >= 4 is 30.3 Å². The maximum atomic E-state index is 10.9. The Hall–Kier alpha value is -1.69. The number of guanidine groups is 1. The van der Waals surface area contributed by atoms with E-state index in [-0.39, 0.29) is 5.96 Å². The fraction of sp³-hybridized carbons (Fsp3) is 0.111. The molecule has 1 aromatic rings. The number of nitrogens with one attached hydrogen (secondary N) is 2. The minimum Gasteiger partial charge on any atom is -0.369 e. The van der Waals surface area contributed by atoms with E-state index in [1.165, 1.54) is 7.05 Å². The molecule has 0 saturated heterocycles. The number of para-hydroxylation sites is 1. The zero-order valence-electron chi connectivity index (χ0n) is 8.19. The SMILES string of the molecule is CNC(=O)NC(N)=Nc1ccccc1S. The molecule has 6 heteroatoms. The van der Waals surface area contributed by atoms with Crippen molar-refractivity contribution < 1.29 is 4.79 Å². The van der Waals surface area contributed by atoms with Crippen molar-refractivity contribution in [2.24, 2.45) is 10.7 Å². The normalized spacial score (nSPS) is 10.9. The number of hydrogen-bond donors (Lipinski definition) is 4. The summed E-state index contributed by atoms with van der Waals surface area (Å²) in [5, 5.41) is 4.72. The number of benzene rings is 1. The summed E-state index contributed by atoms with van der Waals surface area (Å²) < 4.78 is 0. The molecule has 15 heavy (non-hydrogen) atoms. The van der Waals surface area contributed by atoms with Gasteiger partial charge in [0.25, 0.3) is 0 Å². The van der Waals surface area contributed by atoms with Crippen LogP contribution in [0.1, 0.15) is 0 Å². The van der Waals surface area contributed by atoms with Crippen molar-refractivity contribution in [1.82, 2.24) is 10.6 Å². The summed E-state index contributed by atoms with van der Waals surface area (Å²) in [6.45, 7) is 0. The zero-order chi connectivity index (χ0) is 11.3. The van der Waals surface area contributed by atoms with E-state index >= 15 is 0 Å². The van der Waals surface area contributed by atoms with Gasteiger partial charge in [0.05, 0.1) is 5.69 Å². The summed E-state index contributed by atoms with van der Waals surface area (Å²) in [5.74, 6) is 0.0239. The number of nitrogens with zero attached hydrogens (tertiary/aromatic N) is 1. The molecule has 2 amide bonds. The minimum atomic E-state index is -0.409. The monoisotopic (exact) mass is 224 g/mol. The lowest BCUT2D eigenvalue weighted by Gasteiger charge is -2.03. The number of amides is 2. The zero-order valence-corrected chi connectivity index (χ0v) is 9.08. The third kappa shape index (κ3) is 3.51. The third-order valence-electron chi connectivity index (χ3n) is 1.59. The number of thiol groups is 1. The van der Waals surface area contributed by atoms with E-state index in [2.05, 4.69) is 28.3 Å². The molecule has 1 aromatic carbocycles. The summed E-state index contributed by atoms with van der Waals surface area (Å²) >= 11 is 4.20. The Labute approximate surface area is 93.2 Å². The molecule has 0 bridgehead atoms. The molecule has 5 nitrogen and oxygen atoms in total. The number of nitrogens with two attached hydrogens (primary N) is 1. The largest absolute Gasteiger partial charge is 0.369 e. The molecular formula is C9H12N4OS. The van der Waals surface area contributed by atoms with E-state index in [1.54, 1.807) is 12.1 Å². The van der Waals surface area contributed by atoms with Crippen LogP contribution in [0.4, 0.5) is 10.5 Å². The van der Waals surface area contributed by atoms with Gasteiger partial charge in [-0.25, -0.2) is 9.79 Å². The van der Waals surface area contributed by atoms with Crippen molar-refractivity contribution in [3.05, 3.63) is 24.3 Å². The van der Waals surface area contributed by atoms with Gasteiger partial charge in [-0.05, 0) is 12.1 Å². The van der Waals surface area contributed by atoms with Crippen LogP contribution in [0.2, 0.25) is 0 Å². The number of urea groups is 1. The average molecular weight is 224 g/mol. The van der Waals surface area contributed by atoms with Crippen molar-refractivity contribution in [2.75, 3.05) is 7.05 Å². The van der Waals surface area contributed by atoms with Crippen molar-refractivity contribution in [2.45, 2.75) is 4.90 Å². The molecule has 0 heterocycles. The molecule has 0 aromatic heterocycles. The molecule has 80 valence electrons. The smallest absolute Gasteiger partial charge is 0.321 e. The van der Waals surface area contributed by atoms with Crippen LogP contribution in [0, 0.1) is 0 Å². The van der Waals surface area contributed by atoms with Crippen LogP contribution < -0.4 is 16.4 Å². The van der Waals surface area contributed by atoms with E-state index in [9.17, 15) is 4.79 Å². The van der Waals surface area contributed by atoms with Gasteiger partial charge in [-0.15, -0.1) is 12.6 Å². The molecule has 0 saturated carbocycles. The number of rotatable bonds is 1. The first-order valence-corrected chi connectivity index (χ1v) is 4.69. The van der Waals surface area contributed by atoms with E-state index in [1.807, 2.05) is 12.1 Å². The second kappa shape index (κ2) is 5.26. The first kappa shape index (κ1) is 11.4. The highest BCUT2D eigenvalue weighted by Crippen LogP contribution is 2.21. The van der Waals surface area contributed by atoms with Crippen LogP contribution in [0.15, 0.2) is 34.2 Å². The molecular weight excluding hydrogens is 212 g/mol. The van der Waals surface area contributed by atoms with Crippen LogP contribution in [0.3, 0.4) is 0 Å². The second-order valence-corrected chi connectivity index (χ2v) is 3.17. The Balaban J connectivity index is 2.79. The van der Waals surface area contributed by atoms with Crippen molar-refractivity contribution in [3.63, 3.8) is 0 Å². The van der Waals surface area contributed by atoms with Gasteiger partial charge in [-0.3, -0.25) is 5.32 Å². The molecule has 4 N–H and O–H groups in total. The van der Waals surface area contributed by atoms with Crippen LogP contribution in [0.25, 0.3) is 0 Å². The topological polar surface area (TPSA) is 79.5 Å². The van der Waals surface area contributed by atoms with Gasteiger partial charge in [0.1, 0.15) is 0 Å². The maximum Gasteiger partial charge on any atom is 0.321 e. The summed E-state index contributed by atoms with van der Waals surface area (Å²) in [5.41, 5.74) is 6.10. The van der Waals surface area contributed by atoms with Crippen LogP contribution in [0.5, 0.6) is 0 Å². The summed E-state index contributed by atoms with van der Waals surface area (Å²) in [4.78, 5) is 15.6. The third-order valence-corrected chi connectivity index (χ3v) is 1.97. The highest BCUT2D eigenvalue weighted by molar-refractivity contribution is 7.80. The Morgan fingerprint density at radius 3 is 2.73 bits per heavy atom. The molecule has 0 aliphatic rings. The molecule has 0 atom stereocenters. The molecule has 0 aliphatic carbocycles. The standard InChI is InChI=1S/C9H12N4OS/c1-11-9(14)13-8(10)12-6-4-2-3-5-7(6)15/h2-5,15H,1H3,(H4,10,11,12,13,14). The van der Waals surface area contributed by atoms with Crippen LogP contribution in [-0.2, 0) is 0 Å². The molecule has 0 radical (unpaired) electrons. The second-order valence-electron chi connectivity index (χ2n) is 2.69. The van der Waals surface area contributed by atoms with Crippen molar-refractivity contribution in [3.8, 4) is 0 Å². The Morgan fingerprint density at radius 1 is 1.47 bits per heavy atom. The Kier molecular flexibility index (Phi) is 3.99. The molecule has 0 fully saturated rings. The van der Waals surface area contributed by atoms with Crippen LogP contribution in [-0.4, -0.2) is 19.0 Å². The molecule has 0 unspecified atom stereocenters. The predicted molar refractivity (Wildman–Crippen MR) is 62.6 cm³/mol. The molecule has 0 aliphatic heterocycles. The number of carbonyl (C=O) groups excluding carboxylic acids is 1. The van der Waals surface area contributed by atoms with Gasteiger partial charge >= 0.3 is 6.03 Å². The average Bonchev–Trinajstić information content (AvgIpc) is 2.21. The number of carbonyl (C=O) groups is 1. The van der Waals surface area contributed by atoms with Crippen LogP contribution >= 0.6 is 12.6 Å². The number of hydrogen-bond acceptors (Lipinski definition) is 3. The maximum absolute atomic E-state index is 10.9. The Bertz CT molecular complexity index is 391. The summed E-state index contributed by atoms with van der Waals surface area (Å²) in [6, 6.07) is 6.78. The predicted octanol–water partition coefficient (Wildman–Crippen LogP) is 0.850. The van der Waals surface area contributed by atoms with E-state index in [0.29, 0.717) is 10.6 Å². The van der Waals surface area contributed by atoms with Gasteiger partial charge in [-0.2, -0.15) is 0 Å². The lowest BCUT2D eigenvalue weighted by Crippen LogP contribution is -2.41.